The molecule has 4 rings (SSSR count). The molecular weight excluding hydrogens is 370 g/mol. The predicted molar refractivity (Wildman–Crippen MR) is 107 cm³/mol. The monoisotopic (exact) mass is 393 g/mol. The molecule has 29 heavy (non-hydrogen) atoms. The summed E-state index contributed by atoms with van der Waals surface area (Å²) in [6, 6.07) is 15.4. The Morgan fingerprint density at radius 2 is 2.03 bits per heavy atom. The molecule has 3 aromatic rings. The molecule has 1 aromatic heterocycles. The Hall–Kier alpha value is -3.35. The summed E-state index contributed by atoms with van der Waals surface area (Å²) in [4.78, 5) is 16.6. The van der Waals surface area contributed by atoms with Crippen molar-refractivity contribution >= 4 is 5.91 Å². The molecule has 1 aliphatic rings. The van der Waals surface area contributed by atoms with Gasteiger partial charge in [0.1, 0.15) is 11.5 Å². The summed E-state index contributed by atoms with van der Waals surface area (Å²) in [7, 11) is 1.62. The molecule has 2 heterocycles. The fourth-order valence-electron chi connectivity index (χ4n) is 3.30. The third kappa shape index (κ3) is 4.74. The summed E-state index contributed by atoms with van der Waals surface area (Å²) in [6.45, 7) is 1.21. The first kappa shape index (κ1) is 19.0. The van der Waals surface area contributed by atoms with E-state index in [0.29, 0.717) is 37.7 Å². The zero-order valence-electron chi connectivity index (χ0n) is 16.3. The van der Waals surface area contributed by atoms with Gasteiger partial charge in [-0.05, 0) is 42.3 Å². The SMILES string of the molecule is COc1ccc(-c2noc(CCC(=O)NC[C@H]3COc4ccccc4C3)n2)cc1. The number of methoxy groups -OCH3 is 1. The van der Waals surface area contributed by atoms with Crippen molar-refractivity contribution in [3.8, 4) is 22.9 Å². The van der Waals surface area contributed by atoms with Crippen LogP contribution in [0.15, 0.2) is 53.1 Å². The van der Waals surface area contributed by atoms with Gasteiger partial charge in [-0.15, -0.1) is 0 Å². The second-order valence-corrected chi connectivity index (χ2v) is 7.03. The number of carbonyl (C=O) groups is 1. The molecule has 0 spiro atoms. The molecule has 2 aromatic carbocycles. The fraction of sp³-hybridized carbons (Fsp3) is 0.318. The number of hydrogen-bond donors (Lipinski definition) is 1. The van der Waals surface area contributed by atoms with E-state index in [1.165, 1.54) is 5.56 Å². The molecule has 0 aliphatic carbocycles. The standard InChI is InChI=1S/C22H23N3O4/c1-27-18-8-6-16(7-9-18)22-24-21(29-25-22)11-10-20(26)23-13-15-12-17-4-2-3-5-19(17)28-14-15/h2-9,15H,10-14H2,1H3,(H,23,26)/t15-/m0/s1. The predicted octanol–water partition coefficient (Wildman–Crippen LogP) is 3.05. The van der Waals surface area contributed by atoms with Crippen molar-refractivity contribution in [2.75, 3.05) is 20.3 Å². The molecular formula is C22H23N3O4. The van der Waals surface area contributed by atoms with Gasteiger partial charge < -0.3 is 19.3 Å². The van der Waals surface area contributed by atoms with Crippen molar-refractivity contribution in [3.05, 3.63) is 60.0 Å². The normalized spacial score (nSPS) is 15.3. The third-order valence-electron chi connectivity index (χ3n) is 4.93. The first-order valence-electron chi connectivity index (χ1n) is 9.65. The van der Waals surface area contributed by atoms with E-state index in [1.807, 2.05) is 42.5 Å². The number of para-hydroxylation sites is 1. The maximum atomic E-state index is 12.2. The Morgan fingerprint density at radius 1 is 1.21 bits per heavy atom. The number of fused-ring (bicyclic) bond motifs is 1. The van der Waals surface area contributed by atoms with Gasteiger partial charge in [-0.3, -0.25) is 4.79 Å². The van der Waals surface area contributed by atoms with Gasteiger partial charge in [0.2, 0.25) is 17.6 Å². The molecule has 7 nitrogen and oxygen atoms in total. The van der Waals surface area contributed by atoms with E-state index in [0.717, 1.165) is 23.5 Å². The van der Waals surface area contributed by atoms with Gasteiger partial charge in [-0.2, -0.15) is 4.98 Å². The van der Waals surface area contributed by atoms with E-state index in [4.69, 9.17) is 14.0 Å². The first-order valence-corrected chi connectivity index (χ1v) is 9.65. The summed E-state index contributed by atoms with van der Waals surface area (Å²) in [5, 5.41) is 6.97. The molecule has 0 saturated carbocycles. The van der Waals surface area contributed by atoms with Gasteiger partial charge in [-0.1, -0.05) is 23.4 Å². The third-order valence-corrected chi connectivity index (χ3v) is 4.93. The van der Waals surface area contributed by atoms with Crippen LogP contribution in [0.4, 0.5) is 0 Å². The Balaban J connectivity index is 1.23. The topological polar surface area (TPSA) is 86.5 Å². The van der Waals surface area contributed by atoms with E-state index in [-0.39, 0.29) is 11.8 Å². The van der Waals surface area contributed by atoms with E-state index < -0.39 is 0 Å². The molecule has 1 amide bonds. The zero-order valence-corrected chi connectivity index (χ0v) is 16.3. The molecule has 0 saturated heterocycles. The fourth-order valence-corrected chi connectivity index (χ4v) is 3.30. The van der Waals surface area contributed by atoms with Crippen LogP contribution in [-0.2, 0) is 17.6 Å². The number of amides is 1. The first-order chi connectivity index (χ1) is 14.2. The second kappa shape index (κ2) is 8.77. The smallest absolute Gasteiger partial charge is 0.227 e. The lowest BCUT2D eigenvalue weighted by atomic mass is 9.97. The highest BCUT2D eigenvalue weighted by molar-refractivity contribution is 5.76. The Kier molecular flexibility index (Phi) is 5.74. The zero-order chi connectivity index (χ0) is 20.1. The quantitative estimate of drug-likeness (QED) is 0.664. The van der Waals surface area contributed by atoms with Crippen molar-refractivity contribution in [2.45, 2.75) is 19.3 Å². The number of aryl methyl sites for hydroxylation is 1. The highest BCUT2D eigenvalue weighted by Crippen LogP contribution is 2.26. The van der Waals surface area contributed by atoms with Gasteiger partial charge in [0.05, 0.1) is 13.7 Å². The van der Waals surface area contributed by atoms with Gasteiger partial charge in [0.25, 0.3) is 0 Å². The number of aromatic nitrogens is 2. The lowest BCUT2D eigenvalue weighted by Crippen LogP contribution is -2.34. The van der Waals surface area contributed by atoms with Crippen LogP contribution in [0, 0.1) is 5.92 Å². The lowest BCUT2D eigenvalue weighted by molar-refractivity contribution is -0.121. The Labute approximate surface area is 169 Å². The second-order valence-electron chi connectivity index (χ2n) is 7.03. The van der Waals surface area contributed by atoms with Crippen molar-refractivity contribution in [3.63, 3.8) is 0 Å². The molecule has 0 radical (unpaired) electrons. The molecule has 0 unspecified atom stereocenters. The minimum Gasteiger partial charge on any atom is -0.497 e. The van der Waals surface area contributed by atoms with E-state index in [9.17, 15) is 4.79 Å². The summed E-state index contributed by atoms with van der Waals surface area (Å²) in [5.74, 6) is 2.90. The molecule has 150 valence electrons. The van der Waals surface area contributed by atoms with Gasteiger partial charge in [0.15, 0.2) is 0 Å². The van der Waals surface area contributed by atoms with Crippen LogP contribution in [0.2, 0.25) is 0 Å². The van der Waals surface area contributed by atoms with Crippen LogP contribution >= 0.6 is 0 Å². The van der Waals surface area contributed by atoms with Crippen LogP contribution in [0.25, 0.3) is 11.4 Å². The van der Waals surface area contributed by atoms with E-state index >= 15 is 0 Å². The van der Waals surface area contributed by atoms with E-state index in [1.54, 1.807) is 7.11 Å². The van der Waals surface area contributed by atoms with Crippen LogP contribution in [0.3, 0.4) is 0 Å². The minimum atomic E-state index is -0.0342. The van der Waals surface area contributed by atoms with Crippen molar-refractivity contribution < 1.29 is 18.8 Å². The lowest BCUT2D eigenvalue weighted by Gasteiger charge is -2.25. The average molecular weight is 393 g/mol. The maximum absolute atomic E-state index is 12.2. The average Bonchev–Trinajstić information content (AvgIpc) is 3.25. The van der Waals surface area contributed by atoms with Crippen molar-refractivity contribution in [1.29, 1.82) is 0 Å². The number of rotatable bonds is 7. The summed E-state index contributed by atoms with van der Waals surface area (Å²) >= 11 is 0. The van der Waals surface area contributed by atoms with Gasteiger partial charge >= 0.3 is 0 Å². The summed E-state index contributed by atoms with van der Waals surface area (Å²) < 4.78 is 16.2. The van der Waals surface area contributed by atoms with Crippen molar-refractivity contribution in [1.82, 2.24) is 15.5 Å². The maximum Gasteiger partial charge on any atom is 0.227 e. The van der Waals surface area contributed by atoms with Crippen LogP contribution in [0.1, 0.15) is 17.9 Å². The van der Waals surface area contributed by atoms with Crippen LogP contribution in [0.5, 0.6) is 11.5 Å². The number of nitrogens with zero attached hydrogens (tertiary/aromatic N) is 2. The summed E-state index contributed by atoms with van der Waals surface area (Å²) in [5.41, 5.74) is 2.03. The van der Waals surface area contributed by atoms with E-state index in [2.05, 4.69) is 21.5 Å². The minimum absolute atomic E-state index is 0.0342. The van der Waals surface area contributed by atoms with Gasteiger partial charge in [0, 0.05) is 30.9 Å². The number of hydrogen-bond acceptors (Lipinski definition) is 6. The molecule has 7 heteroatoms. The molecule has 1 atom stereocenters. The Morgan fingerprint density at radius 3 is 2.86 bits per heavy atom. The Bertz CT molecular complexity index is 968. The summed E-state index contributed by atoms with van der Waals surface area (Å²) in [6.07, 6.45) is 1.61. The highest BCUT2D eigenvalue weighted by Gasteiger charge is 2.20. The van der Waals surface area contributed by atoms with Gasteiger partial charge in [-0.25, -0.2) is 0 Å². The van der Waals surface area contributed by atoms with Crippen LogP contribution in [-0.4, -0.2) is 36.3 Å². The highest BCUT2D eigenvalue weighted by atomic mass is 16.5. The number of nitrogens with one attached hydrogen (secondary N) is 1. The molecule has 1 N–H and O–H groups in total. The number of carbonyl (C=O) groups excluding carboxylic acids is 1. The molecule has 0 fully saturated rings. The largest absolute Gasteiger partial charge is 0.497 e. The molecule has 1 aliphatic heterocycles. The molecule has 0 bridgehead atoms. The van der Waals surface area contributed by atoms with Crippen LogP contribution < -0.4 is 14.8 Å². The number of benzene rings is 2. The number of ether oxygens (including phenoxy) is 2. The van der Waals surface area contributed by atoms with Crippen molar-refractivity contribution in [2.24, 2.45) is 5.92 Å².